The molecule has 1 amide bonds. The van der Waals surface area contributed by atoms with E-state index >= 15 is 0 Å². The molecule has 5 heteroatoms. The van der Waals surface area contributed by atoms with E-state index in [0.717, 1.165) is 11.4 Å². The Hall–Kier alpha value is -1.36. The lowest BCUT2D eigenvalue weighted by Crippen LogP contribution is -2.26. The Kier molecular flexibility index (Phi) is 4.58. The number of primary amides is 1. The normalized spacial score (nSPS) is 22.4. The highest BCUT2D eigenvalue weighted by molar-refractivity contribution is 7.99. The number of amides is 1. The van der Waals surface area contributed by atoms with E-state index in [1.807, 2.05) is 17.8 Å². The first kappa shape index (κ1) is 14.1. The van der Waals surface area contributed by atoms with Crippen molar-refractivity contribution in [1.82, 2.24) is 0 Å². The average molecular weight is 279 g/mol. The van der Waals surface area contributed by atoms with Crippen LogP contribution in [0.2, 0.25) is 0 Å². The van der Waals surface area contributed by atoms with E-state index in [2.05, 4.69) is 12.2 Å². The van der Waals surface area contributed by atoms with Crippen molar-refractivity contribution in [2.75, 3.05) is 16.8 Å². The van der Waals surface area contributed by atoms with E-state index in [1.165, 1.54) is 19.3 Å². The van der Waals surface area contributed by atoms with Crippen LogP contribution in [0.5, 0.6) is 0 Å². The molecule has 0 bridgehead atoms. The highest BCUT2D eigenvalue weighted by atomic mass is 32.2. The molecule has 1 saturated carbocycles. The van der Waals surface area contributed by atoms with Gasteiger partial charge in [0, 0.05) is 16.9 Å². The quantitative estimate of drug-likeness (QED) is 0.723. The number of anilines is 2. The summed E-state index contributed by atoms with van der Waals surface area (Å²) in [6, 6.07) is 5.67. The van der Waals surface area contributed by atoms with Crippen molar-refractivity contribution < 1.29 is 4.79 Å². The molecule has 0 spiro atoms. The summed E-state index contributed by atoms with van der Waals surface area (Å²) in [7, 11) is 0. The average Bonchev–Trinajstić information content (AvgIpc) is 2.79. The first-order valence-corrected chi connectivity index (χ1v) is 7.74. The zero-order valence-corrected chi connectivity index (χ0v) is 12.0. The maximum absolute atomic E-state index is 11.1. The van der Waals surface area contributed by atoms with E-state index < -0.39 is 5.91 Å². The number of benzene rings is 1. The number of nitrogen functional groups attached to an aromatic ring is 1. The van der Waals surface area contributed by atoms with Crippen LogP contribution in [0, 0.1) is 0 Å². The van der Waals surface area contributed by atoms with Crippen LogP contribution in [0.1, 0.15) is 36.5 Å². The van der Waals surface area contributed by atoms with Crippen LogP contribution >= 0.6 is 11.8 Å². The van der Waals surface area contributed by atoms with E-state index in [0.29, 0.717) is 22.5 Å². The lowest BCUT2D eigenvalue weighted by molar-refractivity contribution is 0.100. The van der Waals surface area contributed by atoms with Gasteiger partial charge in [0.25, 0.3) is 0 Å². The number of rotatable bonds is 5. The highest BCUT2D eigenvalue weighted by Gasteiger charge is 2.27. The molecule has 4 nitrogen and oxygen atoms in total. The summed E-state index contributed by atoms with van der Waals surface area (Å²) in [5.74, 6) is 0.692. The summed E-state index contributed by atoms with van der Waals surface area (Å²) >= 11 is 2.00. The molecule has 2 unspecified atom stereocenters. The third-order valence-electron chi connectivity index (χ3n) is 3.51. The molecule has 19 heavy (non-hydrogen) atoms. The number of carbonyl (C=O) groups excluding carboxylic acids is 1. The van der Waals surface area contributed by atoms with E-state index in [9.17, 15) is 4.79 Å². The van der Waals surface area contributed by atoms with Crippen LogP contribution in [0.15, 0.2) is 18.2 Å². The first-order chi connectivity index (χ1) is 9.11. The molecule has 0 aromatic heterocycles. The molecule has 1 fully saturated rings. The Labute approximate surface area is 118 Å². The minimum absolute atomic E-state index is 0.446. The smallest absolute Gasteiger partial charge is 0.248 e. The van der Waals surface area contributed by atoms with Crippen LogP contribution in [-0.4, -0.2) is 23.0 Å². The Morgan fingerprint density at radius 1 is 1.47 bits per heavy atom. The van der Waals surface area contributed by atoms with Crippen molar-refractivity contribution >= 4 is 29.0 Å². The second-order valence-electron chi connectivity index (χ2n) is 4.84. The largest absolute Gasteiger partial charge is 0.397 e. The molecule has 2 atom stereocenters. The van der Waals surface area contributed by atoms with E-state index in [-0.39, 0.29) is 0 Å². The van der Waals surface area contributed by atoms with Gasteiger partial charge in [-0.05, 0) is 36.8 Å². The third kappa shape index (κ3) is 3.35. The molecule has 5 N–H and O–H groups in total. The molecule has 1 aromatic rings. The maximum Gasteiger partial charge on any atom is 0.248 e. The first-order valence-electron chi connectivity index (χ1n) is 6.69. The lowest BCUT2D eigenvalue weighted by Gasteiger charge is -2.22. The molecule has 0 saturated heterocycles. The topological polar surface area (TPSA) is 81.1 Å². The molecule has 1 aromatic carbocycles. The summed E-state index contributed by atoms with van der Waals surface area (Å²) < 4.78 is 0. The summed E-state index contributed by atoms with van der Waals surface area (Å²) in [5, 5.41) is 4.17. The van der Waals surface area contributed by atoms with Crippen molar-refractivity contribution in [2.24, 2.45) is 5.73 Å². The number of hydrogen-bond donors (Lipinski definition) is 3. The molecule has 0 radical (unpaired) electrons. The minimum Gasteiger partial charge on any atom is -0.397 e. The molecule has 104 valence electrons. The van der Waals surface area contributed by atoms with Crippen molar-refractivity contribution in [3.8, 4) is 0 Å². The summed E-state index contributed by atoms with van der Waals surface area (Å²) in [5.41, 5.74) is 13.2. The second-order valence-corrected chi connectivity index (χ2v) is 6.36. The fourth-order valence-electron chi connectivity index (χ4n) is 2.55. The number of hydrogen-bond acceptors (Lipinski definition) is 4. The Morgan fingerprint density at radius 3 is 2.89 bits per heavy atom. The molecular formula is C14H21N3OS. The molecule has 0 heterocycles. The van der Waals surface area contributed by atoms with Gasteiger partial charge in [0.2, 0.25) is 5.91 Å². The van der Waals surface area contributed by atoms with Gasteiger partial charge in [-0.15, -0.1) is 0 Å². The van der Waals surface area contributed by atoms with Gasteiger partial charge in [-0.1, -0.05) is 13.3 Å². The predicted molar refractivity (Wildman–Crippen MR) is 82.6 cm³/mol. The number of thioether (sulfide) groups is 1. The maximum atomic E-state index is 11.1. The van der Waals surface area contributed by atoms with Gasteiger partial charge in [-0.3, -0.25) is 4.79 Å². The Balaban J connectivity index is 2.08. The van der Waals surface area contributed by atoms with Gasteiger partial charge in [0.15, 0.2) is 0 Å². The summed E-state index contributed by atoms with van der Waals surface area (Å²) in [4.78, 5) is 11.1. The van der Waals surface area contributed by atoms with Gasteiger partial charge < -0.3 is 16.8 Å². The number of nitrogens with one attached hydrogen (secondary N) is 1. The van der Waals surface area contributed by atoms with Gasteiger partial charge in [0.1, 0.15) is 0 Å². The fourth-order valence-corrected chi connectivity index (χ4v) is 3.75. The highest BCUT2D eigenvalue weighted by Crippen LogP contribution is 2.33. The van der Waals surface area contributed by atoms with Crippen LogP contribution in [-0.2, 0) is 0 Å². The molecule has 1 aliphatic carbocycles. The summed E-state index contributed by atoms with van der Waals surface area (Å²) in [6.07, 6.45) is 3.69. The molecular weight excluding hydrogens is 258 g/mol. The number of carbonyl (C=O) groups is 1. The monoisotopic (exact) mass is 279 g/mol. The minimum atomic E-state index is -0.446. The van der Waals surface area contributed by atoms with E-state index in [4.69, 9.17) is 11.5 Å². The SMILES string of the molecule is CCSC1CCCC1Nc1ccc(C(N)=O)cc1N. The van der Waals surface area contributed by atoms with Gasteiger partial charge in [-0.25, -0.2) is 0 Å². The standard InChI is InChI=1S/C14H21N3OS/c1-2-19-13-5-3-4-12(13)17-11-7-6-9(14(16)18)8-10(11)15/h6-8,12-13,17H,2-5,15H2,1H3,(H2,16,18). The zero-order valence-electron chi connectivity index (χ0n) is 11.2. The van der Waals surface area contributed by atoms with Crippen LogP contribution < -0.4 is 16.8 Å². The predicted octanol–water partition coefficient (Wildman–Crippen LogP) is 2.45. The molecule has 2 rings (SSSR count). The van der Waals surface area contributed by atoms with Crippen molar-refractivity contribution in [1.29, 1.82) is 0 Å². The van der Waals surface area contributed by atoms with Gasteiger partial charge >= 0.3 is 0 Å². The van der Waals surface area contributed by atoms with Crippen molar-refractivity contribution in [2.45, 2.75) is 37.5 Å². The molecule has 1 aliphatic rings. The zero-order chi connectivity index (χ0) is 13.8. The fraction of sp³-hybridized carbons (Fsp3) is 0.500. The Bertz CT molecular complexity index is 464. The Morgan fingerprint density at radius 2 is 2.26 bits per heavy atom. The van der Waals surface area contributed by atoms with Crippen LogP contribution in [0.4, 0.5) is 11.4 Å². The summed E-state index contributed by atoms with van der Waals surface area (Å²) in [6.45, 7) is 2.19. The van der Waals surface area contributed by atoms with Gasteiger partial charge in [-0.2, -0.15) is 11.8 Å². The second kappa shape index (κ2) is 6.19. The number of nitrogens with two attached hydrogens (primary N) is 2. The third-order valence-corrected chi connectivity index (χ3v) is 4.84. The van der Waals surface area contributed by atoms with Crippen LogP contribution in [0.25, 0.3) is 0 Å². The molecule has 0 aliphatic heterocycles. The van der Waals surface area contributed by atoms with E-state index in [1.54, 1.807) is 12.1 Å². The lowest BCUT2D eigenvalue weighted by atomic mass is 10.1. The van der Waals surface area contributed by atoms with Gasteiger partial charge in [0.05, 0.1) is 11.4 Å². The van der Waals surface area contributed by atoms with Crippen molar-refractivity contribution in [3.05, 3.63) is 23.8 Å². The van der Waals surface area contributed by atoms with Crippen LogP contribution in [0.3, 0.4) is 0 Å². The van der Waals surface area contributed by atoms with Crippen molar-refractivity contribution in [3.63, 3.8) is 0 Å².